The van der Waals surface area contributed by atoms with Crippen molar-refractivity contribution < 1.29 is 0 Å². The Balaban J connectivity index is 0.000000108. The molecule has 6 nitrogen and oxygen atoms in total. The van der Waals surface area contributed by atoms with Crippen LogP contribution in [-0.4, -0.2) is 57.2 Å². The van der Waals surface area contributed by atoms with Crippen LogP contribution in [0.4, 0.5) is 51.2 Å². The van der Waals surface area contributed by atoms with E-state index in [0.29, 0.717) is 43.5 Å². The van der Waals surface area contributed by atoms with Crippen LogP contribution in [0.3, 0.4) is 0 Å². The zero-order valence-electron chi connectivity index (χ0n) is 81.0. The van der Waals surface area contributed by atoms with E-state index in [-0.39, 0.29) is 0 Å². The number of rotatable bonds is 16. The molecule has 6 heterocycles. The first kappa shape index (κ1) is 88.8. The molecular formula is C140H92N6Se3. The van der Waals surface area contributed by atoms with E-state index in [2.05, 4.69) is 587 Å². The van der Waals surface area contributed by atoms with E-state index in [4.69, 9.17) is 0 Å². The molecule has 0 aliphatic carbocycles. The quantitative estimate of drug-likeness (QED) is 0.0901. The smallest absolute Gasteiger partial charge is 0.0602 e. The van der Waals surface area contributed by atoms with Crippen LogP contribution in [-0.2, 0) is 0 Å². The van der Waals surface area contributed by atoms with Crippen LogP contribution in [0.25, 0.3) is 206 Å². The molecule has 6 aromatic heterocycles. The zero-order chi connectivity index (χ0) is 98.4. The standard InChI is InChI=1S/C48H32N2Se.2C46H30N2Se/c1-3-13-34(14-4-1)39-17-7-10-20-44(39)49(38-28-30-48-43(32-38)41-19-9-12-22-47(41)51-48)37-26-23-33(24-27-37)35-25-29-46-42(31-35)40-18-8-11-21-45(40)50(46)36-15-5-2-6-16-36;1-2-13-34(14-3-1)48-43-18-8-6-16-38(43)40-29-33(23-27-44(40)48)31-21-24-35(25-22-31)47(42-19-10-12-32-11-4-5-15-37(32)42)36-26-28-46-41(30-36)39-17-7-9-20-45(39)49-46;1-2-12-35(13-3-1)48-43-16-8-6-14-39(43)41-29-34(21-26-44(41)48)32-18-22-36(23-19-32)47(37-24-20-31-10-4-5-11-33(31)28-37)38-25-27-46-42(30-38)40-15-7-9-17-45(40)49-46/h1-32H;2*1-30H. The van der Waals surface area contributed by atoms with Crippen molar-refractivity contribution in [3.8, 4) is 61.6 Å². The molecule has 0 N–H and O–H groups in total. The number of anilines is 9. The van der Waals surface area contributed by atoms with Gasteiger partial charge in [-0.3, -0.25) is 0 Å². The number of para-hydroxylation sites is 7. The fourth-order valence-corrected chi connectivity index (χ4v) is 29.4. The van der Waals surface area contributed by atoms with Crippen molar-refractivity contribution in [3.63, 3.8) is 0 Å². The van der Waals surface area contributed by atoms with Crippen LogP contribution >= 0.6 is 0 Å². The van der Waals surface area contributed by atoms with E-state index in [1.165, 1.54) is 223 Å². The summed E-state index contributed by atoms with van der Waals surface area (Å²) in [5.74, 6) is 0. The van der Waals surface area contributed by atoms with Crippen molar-refractivity contribution in [1.29, 1.82) is 0 Å². The molecule has 0 atom stereocenters. The van der Waals surface area contributed by atoms with E-state index in [0.717, 1.165) is 34.1 Å². The summed E-state index contributed by atoms with van der Waals surface area (Å²) in [5, 5.41) is 20.7. The zero-order valence-corrected chi connectivity index (χ0v) is 86.2. The van der Waals surface area contributed by atoms with Crippen molar-refractivity contribution >= 4 is 240 Å². The molecule has 0 radical (unpaired) electrons. The van der Waals surface area contributed by atoms with E-state index in [1.54, 1.807) is 0 Å². The van der Waals surface area contributed by atoms with Gasteiger partial charge in [-0.15, -0.1) is 0 Å². The van der Waals surface area contributed by atoms with Crippen molar-refractivity contribution in [3.05, 3.63) is 558 Å². The van der Waals surface area contributed by atoms with Crippen LogP contribution in [0.2, 0.25) is 0 Å². The number of fused-ring (bicyclic) bond motifs is 20. The van der Waals surface area contributed by atoms with Crippen molar-refractivity contribution in [2.24, 2.45) is 0 Å². The average molecular weight is 2100 g/mol. The monoisotopic (exact) mass is 2100 g/mol. The first-order chi connectivity index (χ1) is 73.9. The summed E-state index contributed by atoms with van der Waals surface area (Å²) < 4.78 is 15.9. The summed E-state index contributed by atoms with van der Waals surface area (Å²) >= 11 is 1.01. The van der Waals surface area contributed by atoms with Gasteiger partial charge in [-0.25, -0.2) is 0 Å². The van der Waals surface area contributed by atoms with Crippen LogP contribution in [0.15, 0.2) is 558 Å². The van der Waals surface area contributed by atoms with Crippen LogP contribution < -0.4 is 14.7 Å². The Morgan fingerprint density at radius 1 is 0.134 bits per heavy atom. The molecule has 0 unspecified atom stereocenters. The second-order valence-electron chi connectivity index (χ2n) is 38.2. The third-order valence-corrected chi connectivity index (χ3v) is 36.8. The van der Waals surface area contributed by atoms with Gasteiger partial charge in [0.1, 0.15) is 0 Å². The molecule has 0 amide bonds. The predicted molar refractivity (Wildman–Crippen MR) is 639 cm³/mol. The van der Waals surface area contributed by atoms with E-state index < -0.39 is 0 Å². The SMILES string of the molecule is c1ccc(-c2ccccc2N(c2ccc(-c3ccc4c(c3)c3ccccc3n4-c3ccccc3)cc2)c2ccc3[se]c4ccccc4c3c2)cc1.c1ccc(-n2c3ccccc3c3cc(-c4ccc(N(c5ccc6[se]c7ccccc7c6c5)c5cccc6ccccc56)cc4)ccc32)cc1.c1ccc(-n2c3ccccc3c3cc(-c4ccc(N(c5ccc6ccccc6c5)c5ccc6[se]c7ccccc7c6c5)cc4)ccc32)cc1. The molecule has 30 rings (SSSR count). The molecule has 0 saturated carbocycles. The van der Waals surface area contributed by atoms with Crippen molar-refractivity contribution in [2.45, 2.75) is 0 Å². The summed E-state index contributed by atoms with van der Waals surface area (Å²) in [4.78, 5) is 7.26. The first-order valence-electron chi connectivity index (χ1n) is 50.7. The minimum absolute atomic E-state index is 0.327. The molecule has 0 aliphatic rings. The Morgan fingerprint density at radius 2 is 0.416 bits per heavy atom. The molecule has 0 spiro atoms. The van der Waals surface area contributed by atoms with Crippen LogP contribution in [0.1, 0.15) is 0 Å². The summed E-state index contributed by atoms with van der Waals surface area (Å²) in [5.41, 5.74) is 30.9. The Labute approximate surface area is 880 Å². The number of hydrogen-bond acceptors (Lipinski definition) is 3. The number of aromatic nitrogens is 3. The van der Waals surface area contributed by atoms with Gasteiger partial charge in [-0.1, -0.05) is 109 Å². The first-order valence-corrected chi connectivity index (χ1v) is 55.9. The maximum absolute atomic E-state index is 2.43. The van der Waals surface area contributed by atoms with Gasteiger partial charge in [0.25, 0.3) is 0 Å². The Kier molecular flexibility index (Phi) is 22.6. The van der Waals surface area contributed by atoms with E-state index in [1.807, 2.05) is 0 Å². The minimum atomic E-state index is 0.327. The minimum Gasteiger partial charge on any atom is -0.0602 e. The molecule has 24 aromatic carbocycles. The van der Waals surface area contributed by atoms with Crippen LogP contribution in [0.5, 0.6) is 0 Å². The third kappa shape index (κ3) is 16.1. The van der Waals surface area contributed by atoms with Gasteiger partial charge in [0.15, 0.2) is 0 Å². The summed E-state index contributed by atoms with van der Waals surface area (Å²) in [6, 6.07) is 204. The Morgan fingerprint density at radius 3 is 0.846 bits per heavy atom. The Hall–Kier alpha value is -17.8. The molecule has 30 aromatic rings. The normalized spacial score (nSPS) is 11.6. The summed E-state index contributed by atoms with van der Waals surface area (Å²) in [6.07, 6.45) is 0. The van der Waals surface area contributed by atoms with Gasteiger partial charge in [0.2, 0.25) is 0 Å². The van der Waals surface area contributed by atoms with Gasteiger partial charge in [0, 0.05) is 33.2 Å². The molecule has 9 heteroatoms. The second-order valence-corrected chi connectivity index (χ2v) is 45.0. The molecule has 0 saturated heterocycles. The Bertz CT molecular complexity index is 10400. The fourth-order valence-electron chi connectivity index (χ4n) is 22.5. The molecule has 700 valence electrons. The second kappa shape index (κ2) is 38.0. The topological polar surface area (TPSA) is 24.5 Å². The van der Waals surface area contributed by atoms with Gasteiger partial charge >= 0.3 is 644 Å². The fraction of sp³-hybridized carbons (Fsp3) is 0. The van der Waals surface area contributed by atoms with E-state index >= 15 is 0 Å². The van der Waals surface area contributed by atoms with Crippen molar-refractivity contribution in [1.82, 2.24) is 13.7 Å². The molecule has 0 fully saturated rings. The number of benzene rings is 24. The van der Waals surface area contributed by atoms with E-state index in [9.17, 15) is 0 Å². The molecular weight excluding hydrogens is 2000 g/mol. The third-order valence-electron chi connectivity index (χ3n) is 29.5. The van der Waals surface area contributed by atoms with Gasteiger partial charge < -0.3 is 13.7 Å². The average Bonchev–Trinajstić information content (AvgIpc) is 1.62. The molecule has 149 heavy (non-hydrogen) atoms. The summed E-state index contributed by atoms with van der Waals surface area (Å²) in [7, 11) is 0. The predicted octanol–water partition coefficient (Wildman–Crippen LogP) is 37.8. The molecule has 0 aliphatic heterocycles. The maximum atomic E-state index is 2.43. The number of nitrogens with zero attached hydrogens (tertiary/aromatic N) is 6. The van der Waals surface area contributed by atoms with Gasteiger partial charge in [-0.2, -0.15) is 0 Å². The number of hydrogen-bond donors (Lipinski definition) is 0. The van der Waals surface area contributed by atoms with Gasteiger partial charge in [0.05, 0.1) is 33.1 Å². The summed E-state index contributed by atoms with van der Waals surface area (Å²) in [6.45, 7) is 0. The van der Waals surface area contributed by atoms with Gasteiger partial charge in [-0.05, 0) is 54.6 Å². The van der Waals surface area contributed by atoms with Crippen LogP contribution in [0, 0.1) is 0 Å². The van der Waals surface area contributed by atoms with Crippen molar-refractivity contribution in [2.75, 3.05) is 14.7 Å². The molecule has 0 bridgehead atoms.